The number of hydrogen-bond acceptors (Lipinski definition) is 5. The van der Waals surface area contributed by atoms with Crippen molar-refractivity contribution in [2.45, 2.75) is 26.9 Å². The maximum atomic E-state index is 14.1. The van der Waals surface area contributed by atoms with Gasteiger partial charge in [-0.2, -0.15) is 0 Å². The molecule has 39 heavy (non-hydrogen) atoms. The Kier molecular flexibility index (Phi) is 8.11. The van der Waals surface area contributed by atoms with Crippen LogP contribution in [0.1, 0.15) is 43.5 Å². The van der Waals surface area contributed by atoms with E-state index < -0.39 is 35.0 Å². The minimum atomic E-state index is -0.668. The van der Waals surface area contributed by atoms with Crippen LogP contribution in [0.3, 0.4) is 0 Å². The van der Waals surface area contributed by atoms with Gasteiger partial charge in [-0.1, -0.05) is 24.3 Å². The molecular weight excluding hydrogens is 508 g/mol. The Bertz CT molecular complexity index is 1460. The number of carbonyl (C=O) groups is 4. The van der Waals surface area contributed by atoms with Gasteiger partial charge in [-0.15, -0.1) is 5.53 Å². The molecule has 0 radical (unpaired) electrons. The van der Waals surface area contributed by atoms with E-state index >= 15 is 0 Å². The Balaban J connectivity index is 1.35. The molecule has 2 aromatic carbocycles. The first-order valence-electron chi connectivity index (χ1n) is 11.9. The van der Waals surface area contributed by atoms with E-state index in [1.165, 1.54) is 57.7 Å². The summed E-state index contributed by atoms with van der Waals surface area (Å²) in [7, 11) is 0. The van der Waals surface area contributed by atoms with Crippen molar-refractivity contribution in [1.82, 2.24) is 25.5 Å². The number of carbonyl (C=O) groups excluding carboxylic acids is 4. The van der Waals surface area contributed by atoms with E-state index in [1.54, 1.807) is 38.1 Å². The first kappa shape index (κ1) is 27.1. The number of nitrogens with zero attached hydrogens (tertiary/aromatic N) is 2. The molecule has 0 saturated carbocycles. The molecule has 0 unspecified atom stereocenters. The summed E-state index contributed by atoms with van der Waals surface area (Å²) in [6, 6.07) is 17.4. The molecule has 0 aliphatic carbocycles. The SMILES string of the molecule is Cc1ccc(C(=O)c2ccccc2F)n1CC(=O)NNNC(=O)Cn1c(C)ccc1C(=O)c1ccccc1F. The van der Waals surface area contributed by atoms with Crippen molar-refractivity contribution in [2.24, 2.45) is 0 Å². The van der Waals surface area contributed by atoms with Crippen LogP contribution in [0.2, 0.25) is 0 Å². The van der Waals surface area contributed by atoms with Crippen LogP contribution < -0.4 is 16.4 Å². The monoisotopic (exact) mass is 533 g/mol. The zero-order chi connectivity index (χ0) is 28.1. The molecule has 0 bridgehead atoms. The fourth-order valence-electron chi connectivity index (χ4n) is 4.06. The number of hydrazine groups is 2. The molecule has 0 atom stereocenters. The lowest BCUT2D eigenvalue weighted by Crippen LogP contribution is -2.51. The van der Waals surface area contributed by atoms with E-state index in [0.717, 1.165) is 0 Å². The number of aromatic nitrogens is 2. The highest BCUT2D eigenvalue weighted by Gasteiger charge is 2.21. The number of aryl methyl sites for hydroxylation is 2. The van der Waals surface area contributed by atoms with Crippen LogP contribution in [-0.4, -0.2) is 32.5 Å². The van der Waals surface area contributed by atoms with Gasteiger partial charge < -0.3 is 9.13 Å². The second kappa shape index (κ2) is 11.7. The number of halogens is 2. The molecule has 11 heteroatoms. The lowest BCUT2D eigenvalue weighted by molar-refractivity contribution is -0.125. The zero-order valence-corrected chi connectivity index (χ0v) is 21.1. The smallest absolute Gasteiger partial charge is 0.255 e. The van der Waals surface area contributed by atoms with Gasteiger partial charge in [0.1, 0.15) is 24.7 Å². The van der Waals surface area contributed by atoms with Gasteiger partial charge in [0.2, 0.25) is 11.6 Å². The molecular formula is C28H25F2N5O4. The molecule has 0 aliphatic heterocycles. The number of rotatable bonds is 10. The summed E-state index contributed by atoms with van der Waals surface area (Å²) in [5.74, 6) is -3.66. The first-order valence-corrected chi connectivity index (χ1v) is 11.9. The average molecular weight is 534 g/mol. The highest BCUT2D eigenvalue weighted by molar-refractivity contribution is 6.09. The van der Waals surface area contributed by atoms with Crippen molar-refractivity contribution in [3.05, 3.63) is 118 Å². The molecule has 200 valence electrons. The van der Waals surface area contributed by atoms with E-state index in [0.29, 0.717) is 11.4 Å². The molecule has 9 nitrogen and oxygen atoms in total. The molecule has 2 heterocycles. The average Bonchev–Trinajstić information content (AvgIpc) is 3.45. The third-order valence-electron chi connectivity index (χ3n) is 6.11. The number of hydrogen-bond donors (Lipinski definition) is 3. The van der Waals surface area contributed by atoms with Gasteiger partial charge in [0.05, 0.1) is 22.5 Å². The number of ketones is 2. The van der Waals surface area contributed by atoms with E-state index in [-0.39, 0.29) is 35.6 Å². The minimum Gasteiger partial charge on any atom is -0.333 e. The summed E-state index contributed by atoms with van der Waals surface area (Å²) < 4.78 is 31.1. The highest BCUT2D eigenvalue weighted by atomic mass is 19.1. The van der Waals surface area contributed by atoms with Crippen LogP contribution in [0, 0.1) is 25.5 Å². The van der Waals surface area contributed by atoms with Crippen LogP contribution in [0.25, 0.3) is 0 Å². The van der Waals surface area contributed by atoms with Crippen LogP contribution in [-0.2, 0) is 22.7 Å². The van der Waals surface area contributed by atoms with Crippen LogP contribution in [0.15, 0.2) is 72.8 Å². The van der Waals surface area contributed by atoms with E-state index in [2.05, 4.69) is 16.4 Å². The molecule has 0 aliphatic rings. The lowest BCUT2D eigenvalue weighted by Gasteiger charge is -2.14. The van der Waals surface area contributed by atoms with Gasteiger partial charge in [0, 0.05) is 11.4 Å². The Morgan fingerprint density at radius 2 is 1.00 bits per heavy atom. The quantitative estimate of drug-likeness (QED) is 0.214. The Hall–Kier alpha value is -4.90. The third kappa shape index (κ3) is 5.99. The Morgan fingerprint density at radius 3 is 1.38 bits per heavy atom. The van der Waals surface area contributed by atoms with Gasteiger partial charge in [0.15, 0.2) is 0 Å². The maximum absolute atomic E-state index is 14.1. The Morgan fingerprint density at radius 1 is 0.615 bits per heavy atom. The van der Waals surface area contributed by atoms with Crippen molar-refractivity contribution in [2.75, 3.05) is 0 Å². The predicted octanol–water partition coefficient (Wildman–Crippen LogP) is 3.00. The standard InChI is InChI=1S/C28H25F2N5O4/c1-17-11-13-23(27(38)19-7-3-5-9-21(19)29)34(17)15-25(36)31-33-32-26(37)16-35-18(2)12-14-24(35)28(39)20-8-4-6-10-22(20)30/h3-14,33H,15-16H2,1-2H3,(H,31,36)(H,32,37). The molecule has 0 spiro atoms. The summed E-state index contributed by atoms with van der Waals surface area (Å²) >= 11 is 0. The zero-order valence-electron chi connectivity index (χ0n) is 21.1. The minimum absolute atomic E-state index is 0.115. The normalized spacial score (nSPS) is 10.8. The van der Waals surface area contributed by atoms with Gasteiger partial charge in [0.25, 0.3) is 11.8 Å². The van der Waals surface area contributed by atoms with Crippen molar-refractivity contribution in [1.29, 1.82) is 0 Å². The molecule has 0 fully saturated rings. The summed E-state index contributed by atoms with van der Waals surface area (Å²) in [4.78, 5) is 50.7. The molecule has 3 N–H and O–H groups in total. The molecule has 4 aromatic rings. The Labute approximate surface area is 222 Å². The molecule has 2 aromatic heterocycles. The fourth-order valence-corrected chi connectivity index (χ4v) is 4.06. The van der Waals surface area contributed by atoms with Crippen molar-refractivity contribution in [3.63, 3.8) is 0 Å². The van der Waals surface area contributed by atoms with E-state index in [4.69, 9.17) is 0 Å². The van der Waals surface area contributed by atoms with Crippen LogP contribution >= 0.6 is 0 Å². The topological polar surface area (TPSA) is 114 Å². The van der Waals surface area contributed by atoms with Gasteiger partial charge in [-0.25, -0.2) is 8.78 Å². The lowest BCUT2D eigenvalue weighted by atomic mass is 10.1. The van der Waals surface area contributed by atoms with E-state index in [9.17, 15) is 28.0 Å². The van der Waals surface area contributed by atoms with Gasteiger partial charge >= 0.3 is 0 Å². The summed E-state index contributed by atoms with van der Waals surface area (Å²) in [5.41, 5.74) is 8.16. The number of nitrogens with one attached hydrogen (secondary N) is 3. The maximum Gasteiger partial charge on any atom is 0.255 e. The third-order valence-corrected chi connectivity index (χ3v) is 6.11. The van der Waals surface area contributed by atoms with E-state index in [1.807, 2.05) is 0 Å². The highest BCUT2D eigenvalue weighted by Crippen LogP contribution is 2.18. The largest absolute Gasteiger partial charge is 0.333 e. The summed E-state index contributed by atoms with van der Waals surface area (Å²) in [6.45, 7) is 2.82. The summed E-state index contributed by atoms with van der Waals surface area (Å²) in [6.07, 6.45) is 0. The second-order valence-electron chi connectivity index (χ2n) is 8.73. The van der Waals surface area contributed by atoms with Gasteiger partial charge in [-0.05, 0) is 62.4 Å². The fraction of sp³-hybridized carbons (Fsp3) is 0.143. The second-order valence-corrected chi connectivity index (χ2v) is 8.73. The molecule has 0 saturated heterocycles. The van der Waals surface area contributed by atoms with Crippen molar-refractivity contribution in [3.8, 4) is 0 Å². The van der Waals surface area contributed by atoms with Crippen LogP contribution in [0.5, 0.6) is 0 Å². The molecule has 4 rings (SSSR count). The molecule has 2 amide bonds. The first-order chi connectivity index (χ1) is 18.7. The summed E-state index contributed by atoms with van der Waals surface area (Å²) in [5, 5.41) is 0. The number of benzene rings is 2. The predicted molar refractivity (Wildman–Crippen MR) is 137 cm³/mol. The number of amides is 2. The van der Waals surface area contributed by atoms with Crippen LogP contribution in [0.4, 0.5) is 8.78 Å². The van der Waals surface area contributed by atoms with Crippen molar-refractivity contribution >= 4 is 23.4 Å². The van der Waals surface area contributed by atoms with Gasteiger partial charge in [-0.3, -0.25) is 30.0 Å². The van der Waals surface area contributed by atoms with Crippen molar-refractivity contribution < 1.29 is 28.0 Å².